The van der Waals surface area contributed by atoms with Crippen LogP contribution in [0.25, 0.3) is 0 Å². The molecule has 4 heteroatoms. The van der Waals surface area contributed by atoms with Crippen molar-refractivity contribution in [2.75, 3.05) is 0 Å². The minimum absolute atomic E-state index is 0.141. The summed E-state index contributed by atoms with van der Waals surface area (Å²) in [6.45, 7) is 0. The standard InChI is InChI=1S/C10H11NO3/c11-10(9(13)14)5-8(10)6-2-1-3-7(12)4-6/h1-4,8,12H,5,11H2,(H,13,14)/t8-,10+/m0/s1. The Kier molecular flexibility index (Phi) is 1.75. The van der Waals surface area contributed by atoms with Crippen molar-refractivity contribution < 1.29 is 15.0 Å². The number of phenols is 1. The Labute approximate surface area is 81.0 Å². The summed E-state index contributed by atoms with van der Waals surface area (Å²) in [6.07, 6.45) is 0.436. The lowest BCUT2D eigenvalue weighted by molar-refractivity contribution is -0.139. The molecular weight excluding hydrogens is 182 g/mol. The molecule has 0 amide bonds. The Morgan fingerprint density at radius 1 is 1.57 bits per heavy atom. The molecule has 1 aromatic rings. The van der Waals surface area contributed by atoms with E-state index in [1.807, 2.05) is 0 Å². The molecule has 14 heavy (non-hydrogen) atoms. The molecule has 0 unspecified atom stereocenters. The van der Waals surface area contributed by atoms with Gasteiger partial charge in [0, 0.05) is 5.92 Å². The molecule has 0 heterocycles. The molecule has 0 aliphatic heterocycles. The fraction of sp³-hybridized carbons (Fsp3) is 0.300. The molecule has 1 aromatic carbocycles. The van der Waals surface area contributed by atoms with Crippen molar-refractivity contribution >= 4 is 5.97 Å². The molecule has 2 rings (SSSR count). The van der Waals surface area contributed by atoms with Gasteiger partial charge < -0.3 is 15.9 Å². The van der Waals surface area contributed by atoms with Crippen LogP contribution in [0.1, 0.15) is 17.9 Å². The number of benzene rings is 1. The van der Waals surface area contributed by atoms with Crippen LogP contribution in [0.3, 0.4) is 0 Å². The molecule has 4 N–H and O–H groups in total. The molecule has 0 bridgehead atoms. The first-order chi connectivity index (χ1) is 6.54. The molecule has 0 saturated heterocycles. The van der Waals surface area contributed by atoms with Crippen LogP contribution in [0.5, 0.6) is 5.75 Å². The Morgan fingerprint density at radius 2 is 2.29 bits per heavy atom. The van der Waals surface area contributed by atoms with E-state index in [1.165, 1.54) is 0 Å². The summed E-state index contributed by atoms with van der Waals surface area (Å²) in [6, 6.07) is 6.57. The maximum Gasteiger partial charge on any atom is 0.324 e. The van der Waals surface area contributed by atoms with Gasteiger partial charge in [0.2, 0.25) is 0 Å². The molecule has 0 spiro atoms. The van der Waals surface area contributed by atoms with E-state index in [-0.39, 0.29) is 11.7 Å². The molecule has 74 valence electrons. The van der Waals surface area contributed by atoms with Crippen LogP contribution in [-0.2, 0) is 4.79 Å². The smallest absolute Gasteiger partial charge is 0.324 e. The van der Waals surface area contributed by atoms with E-state index >= 15 is 0 Å². The number of phenolic OH excluding ortho intramolecular Hbond substituents is 1. The van der Waals surface area contributed by atoms with Crippen LogP contribution >= 0.6 is 0 Å². The second-order valence-electron chi connectivity index (χ2n) is 3.70. The molecule has 1 fully saturated rings. The molecule has 0 aromatic heterocycles. The van der Waals surface area contributed by atoms with Gasteiger partial charge in [-0.15, -0.1) is 0 Å². The second-order valence-corrected chi connectivity index (χ2v) is 3.70. The van der Waals surface area contributed by atoms with Crippen molar-refractivity contribution in [3.63, 3.8) is 0 Å². The summed E-state index contributed by atoms with van der Waals surface area (Å²) in [5, 5.41) is 18.0. The Bertz CT molecular complexity index is 391. The molecular formula is C10H11NO3. The molecule has 1 aliphatic carbocycles. The third kappa shape index (κ3) is 1.24. The number of carboxylic acid groups (broad SMARTS) is 1. The van der Waals surface area contributed by atoms with Gasteiger partial charge in [-0.25, -0.2) is 0 Å². The highest BCUT2D eigenvalue weighted by Crippen LogP contribution is 2.49. The normalized spacial score (nSPS) is 29.9. The van der Waals surface area contributed by atoms with E-state index in [0.717, 1.165) is 5.56 Å². The van der Waals surface area contributed by atoms with Gasteiger partial charge in [-0.3, -0.25) is 4.79 Å². The van der Waals surface area contributed by atoms with Crippen molar-refractivity contribution in [1.29, 1.82) is 0 Å². The molecule has 2 atom stereocenters. The number of aromatic hydroxyl groups is 1. The first-order valence-electron chi connectivity index (χ1n) is 4.35. The van der Waals surface area contributed by atoms with E-state index in [4.69, 9.17) is 10.8 Å². The first kappa shape index (κ1) is 9.02. The monoisotopic (exact) mass is 193 g/mol. The number of aliphatic carboxylic acids is 1. The van der Waals surface area contributed by atoms with Crippen molar-refractivity contribution in [3.05, 3.63) is 29.8 Å². The summed E-state index contributed by atoms with van der Waals surface area (Å²) >= 11 is 0. The lowest BCUT2D eigenvalue weighted by Crippen LogP contribution is -2.34. The Morgan fingerprint density at radius 3 is 2.79 bits per heavy atom. The summed E-state index contributed by atoms with van der Waals surface area (Å²) in [7, 11) is 0. The van der Waals surface area contributed by atoms with E-state index in [9.17, 15) is 9.90 Å². The third-order valence-electron chi connectivity index (χ3n) is 2.67. The van der Waals surface area contributed by atoms with Crippen LogP contribution in [0.4, 0.5) is 0 Å². The number of nitrogens with two attached hydrogens (primary N) is 1. The zero-order valence-electron chi connectivity index (χ0n) is 7.47. The highest BCUT2D eigenvalue weighted by Gasteiger charge is 2.58. The molecule has 4 nitrogen and oxygen atoms in total. The predicted octanol–water partition coefficient (Wildman–Crippen LogP) is 0.662. The van der Waals surface area contributed by atoms with E-state index in [0.29, 0.717) is 6.42 Å². The van der Waals surface area contributed by atoms with Gasteiger partial charge in [0.05, 0.1) is 0 Å². The average molecular weight is 193 g/mol. The van der Waals surface area contributed by atoms with Crippen LogP contribution < -0.4 is 5.73 Å². The fourth-order valence-corrected chi connectivity index (χ4v) is 1.67. The van der Waals surface area contributed by atoms with Crippen molar-refractivity contribution in [2.45, 2.75) is 17.9 Å². The van der Waals surface area contributed by atoms with E-state index in [1.54, 1.807) is 24.3 Å². The second kappa shape index (κ2) is 2.72. The van der Waals surface area contributed by atoms with Crippen LogP contribution in [0.2, 0.25) is 0 Å². The van der Waals surface area contributed by atoms with Crippen molar-refractivity contribution in [3.8, 4) is 5.75 Å². The van der Waals surface area contributed by atoms with Gasteiger partial charge in [0.25, 0.3) is 0 Å². The average Bonchev–Trinajstić information content (AvgIpc) is 2.80. The van der Waals surface area contributed by atoms with Gasteiger partial charge in [-0.2, -0.15) is 0 Å². The molecule has 0 radical (unpaired) electrons. The van der Waals surface area contributed by atoms with Gasteiger partial charge in [0.15, 0.2) is 0 Å². The topological polar surface area (TPSA) is 83.6 Å². The van der Waals surface area contributed by atoms with Gasteiger partial charge in [-0.1, -0.05) is 12.1 Å². The van der Waals surface area contributed by atoms with Crippen LogP contribution in [0.15, 0.2) is 24.3 Å². The highest BCUT2D eigenvalue weighted by atomic mass is 16.4. The largest absolute Gasteiger partial charge is 0.508 e. The number of rotatable bonds is 2. The number of carboxylic acids is 1. The summed E-state index contributed by atoms with van der Waals surface area (Å²) < 4.78 is 0. The minimum Gasteiger partial charge on any atom is -0.508 e. The summed E-state index contributed by atoms with van der Waals surface area (Å²) in [5.41, 5.74) is 5.29. The van der Waals surface area contributed by atoms with Gasteiger partial charge in [-0.05, 0) is 24.1 Å². The number of hydrogen-bond donors (Lipinski definition) is 3. The zero-order chi connectivity index (χ0) is 10.3. The maximum absolute atomic E-state index is 10.8. The lowest BCUT2D eigenvalue weighted by Gasteiger charge is -2.05. The zero-order valence-corrected chi connectivity index (χ0v) is 7.47. The molecule has 1 saturated carbocycles. The summed E-state index contributed by atoms with van der Waals surface area (Å²) in [5.74, 6) is -1.01. The molecule has 1 aliphatic rings. The third-order valence-corrected chi connectivity index (χ3v) is 2.67. The highest BCUT2D eigenvalue weighted by molar-refractivity contribution is 5.84. The van der Waals surface area contributed by atoms with Crippen LogP contribution in [-0.4, -0.2) is 21.7 Å². The Hall–Kier alpha value is -1.55. The minimum atomic E-state index is -1.13. The van der Waals surface area contributed by atoms with Gasteiger partial charge in [0.1, 0.15) is 11.3 Å². The van der Waals surface area contributed by atoms with Crippen LogP contribution in [0, 0.1) is 0 Å². The lowest BCUT2D eigenvalue weighted by atomic mass is 10.1. The SMILES string of the molecule is N[C@]1(C(=O)O)C[C@H]1c1cccc(O)c1. The summed E-state index contributed by atoms with van der Waals surface area (Å²) in [4.78, 5) is 10.8. The number of hydrogen-bond acceptors (Lipinski definition) is 3. The number of carbonyl (C=O) groups is 1. The quantitative estimate of drug-likeness (QED) is 0.644. The van der Waals surface area contributed by atoms with Gasteiger partial charge >= 0.3 is 5.97 Å². The Balaban J connectivity index is 2.25. The van der Waals surface area contributed by atoms with E-state index < -0.39 is 11.5 Å². The van der Waals surface area contributed by atoms with Crippen molar-refractivity contribution in [2.24, 2.45) is 5.73 Å². The van der Waals surface area contributed by atoms with E-state index in [2.05, 4.69) is 0 Å². The van der Waals surface area contributed by atoms with Crippen molar-refractivity contribution in [1.82, 2.24) is 0 Å². The maximum atomic E-state index is 10.8. The first-order valence-corrected chi connectivity index (χ1v) is 4.35. The predicted molar refractivity (Wildman–Crippen MR) is 50.0 cm³/mol. The fourth-order valence-electron chi connectivity index (χ4n) is 1.67.